The summed E-state index contributed by atoms with van der Waals surface area (Å²) in [5.74, 6) is 0. The molecule has 0 heterocycles. The van der Waals surface area contributed by atoms with Gasteiger partial charge in [-0.15, -0.1) is 33.4 Å². The average Bonchev–Trinajstić information content (AvgIpc) is 3.70. The zero-order valence-corrected chi connectivity index (χ0v) is 39.2. The number of allylic oxidation sites excluding steroid dienone is 4. The minimum Gasteiger partial charge on any atom is -1.00 e. The molecule has 0 N–H and O–H groups in total. The topological polar surface area (TPSA) is 0 Å². The molecule has 6 rings (SSSR count). The second-order valence-electron chi connectivity index (χ2n) is 19.2. The number of hydrogen-bond donors (Lipinski definition) is 0. The van der Waals surface area contributed by atoms with Gasteiger partial charge in [0, 0.05) is 0 Å². The quantitative estimate of drug-likeness (QED) is 0.138. The predicted molar refractivity (Wildman–Crippen MR) is 213 cm³/mol. The Morgan fingerprint density at radius 1 is 0.569 bits per heavy atom. The zero-order valence-electron chi connectivity index (χ0n) is 35.2. The van der Waals surface area contributed by atoms with E-state index in [-0.39, 0.29) is 61.8 Å². The fourth-order valence-electron chi connectivity index (χ4n) is 8.24. The first kappa shape index (κ1) is 49.5. The molecule has 0 nitrogen and oxygen atoms in total. The molecule has 0 atom stereocenters. The molecular formula is C49H51Cl2F6Zr. The fraction of sp³-hybridized carbons (Fsp3) is 0.388. The van der Waals surface area contributed by atoms with E-state index in [1.165, 1.54) is 35.4 Å². The molecule has 0 aliphatic heterocycles. The molecule has 0 amide bonds. The summed E-state index contributed by atoms with van der Waals surface area (Å²) in [6.07, 6.45) is 1.84. The van der Waals surface area contributed by atoms with Crippen molar-refractivity contribution in [2.24, 2.45) is 0 Å². The van der Waals surface area contributed by atoms with Gasteiger partial charge >= 0.3 is 38.6 Å². The molecule has 0 aromatic heterocycles. The molecule has 0 spiro atoms. The van der Waals surface area contributed by atoms with Crippen LogP contribution in [0.1, 0.15) is 145 Å². The molecular weight excluding hydrogens is 865 g/mol. The van der Waals surface area contributed by atoms with Crippen LogP contribution in [0.25, 0.3) is 17.2 Å². The Morgan fingerprint density at radius 3 is 1.36 bits per heavy atom. The Hall–Kier alpha value is -2.86. The standard InChI is InChI=1S/C49H51F6.2ClH.Zr/c1-44(2,3)36-26-31-25-35-39(28-15-13-14-16-28)42(46(7,8)9)43(47(10,11)12)41(40(35)34(31)27-37(36)45(4,5)6)38(29-17-21-32(22-18-29)48(50,51)52)30-19-23-33(24-20-30)49(53,54)55;;;/h13-15,17-24,26-27H,16H2,1-12H3;2*1H;/q-1;;;+3/p-2. The van der Waals surface area contributed by atoms with Crippen LogP contribution in [0.15, 0.2) is 78.9 Å². The van der Waals surface area contributed by atoms with E-state index in [0.29, 0.717) is 16.7 Å². The van der Waals surface area contributed by atoms with E-state index < -0.39 is 34.3 Å². The van der Waals surface area contributed by atoms with Gasteiger partial charge in [-0.2, -0.15) is 26.3 Å². The van der Waals surface area contributed by atoms with Crippen LogP contribution in [0.4, 0.5) is 26.3 Å². The van der Waals surface area contributed by atoms with Gasteiger partial charge in [-0.1, -0.05) is 159 Å². The van der Waals surface area contributed by atoms with Crippen molar-refractivity contribution in [1.29, 1.82) is 0 Å². The molecule has 0 bridgehead atoms. The second kappa shape index (κ2) is 16.5. The molecule has 0 saturated heterocycles. The van der Waals surface area contributed by atoms with Gasteiger partial charge in [-0.3, -0.25) is 0 Å². The molecule has 9 heteroatoms. The van der Waals surface area contributed by atoms with Crippen LogP contribution in [0, 0.1) is 10.4 Å². The number of halogens is 8. The maximum absolute atomic E-state index is 14.0. The van der Waals surface area contributed by atoms with Crippen LogP contribution in [0.2, 0.25) is 0 Å². The van der Waals surface area contributed by atoms with E-state index in [9.17, 15) is 26.3 Å². The van der Waals surface area contributed by atoms with Crippen LogP contribution in [0.3, 0.4) is 0 Å². The number of fused-ring (bicyclic) bond motifs is 2. The van der Waals surface area contributed by atoms with Gasteiger partial charge in [0.15, 0.2) is 0 Å². The van der Waals surface area contributed by atoms with Gasteiger partial charge in [-0.25, -0.2) is 0 Å². The first-order valence-corrected chi connectivity index (χ1v) is 18.9. The van der Waals surface area contributed by atoms with Gasteiger partial charge < -0.3 is 24.8 Å². The Morgan fingerprint density at radius 2 is 1.00 bits per heavy atom. The van der Waals surface area contributed by atoms with E-state index in [1.807, 2.05) is 0 Å². The molecule has 58 heavy (non-hydrogen) atoms. The Kier molecular flexibility index (Phi) is 14.1. The molecule has 4 aromatic rings. The molecule has 0 saturated carbocycles. The van der Waals surface area contributed by atoms with E-state index in [2.05, 4.69) is 120 Å². The third-order valence-corrected chi connectivity index (χ3v) is 10.6. The van der Waals surface area contributed by atoms with Gasteiger partial charge in [0.1, 0.15) is 0 Å². The maximum atomic E-state index is 14.0. The summed E-state index contributed by atoms with van der Waals surface area (Å²) in [6.45, 7) is 26.1. The van der Waals surface area contributed by atoms with Crippen molar-refractivity contribution in [2.75, 3.05) is 0 Å². The predicted octanol–water partition coefficient (Wildman–Crippen LogP) is 6.82. The van der Waals surface area contributed by atoms with Crippen molar-refractivity contribution in [2.45, 2.75) is 124 Å². The summed E-state index contributed by atoms with van der Waals surface area (Å²) in [5.41, 5.74) is 6.14. The molecule has 1 radical (unpaired) electrons. The molecule has 2 aliphatic rings. The fourth-order valence-corrected chi connectivity index (χ4v) is 8.24. The van der Waals surface area contributed by atoms with Crippen molar-refractivity contribution in [3.63, 3.8) is 0 Å². The van der Waals surface area contributed by atoms with E-state index in [4.69, 9.17) is 0 Å². The van der Waals surface area contributed by atoms with Gasteiger partial charge in [0.05, 0.1) is 11.1 Å². The number of hydrogen-bond acceptors (Lipinski definition) is 0. The third kappa shape index (κ3) is 9.38. The summed E-state index contributed by atoms with van der Waals surface area (Å²) in [5, 5.41) is 3.58. The monoisotopic (exact) mass is 913 g/mol. The van der Waals surface area contributed by atoms with E-state index >= 15 is 0 Å². The van der Waals surface area contributed by atoms with Gasteiger partial charge in [0.2, 0.25) is 0 Å². The van der Waals surface area contributed by atoms with Gasteiger partial charge in [0.25, 0.3) is 0 Å². The Bertz CT molecular complexity index is 2420. The summed E-state index contributed by atoms with van der Waals surface area (Å²) >= 11 is 0. The average molecular weight is 916 g/mol. The van der Waals surface area contributed by atoms with Crippen LogP contribution in [-0.4, -0.2) is 0 Å². The SMILES string of the molecule is CC(C)(C)c1cc2c(cc1C(C)(C)C)=c1c(c(C3=CC=CC3)c(C(C)(C)C)c(C(C)(C)C)c1=C(c1ccc(C(F)(F)F)cc1)c1ccc(C(F)(F)F)cc1)[C-]=2.[Cl-].[Cl-].[Zr+3]. The van der Waals surface area contributed by atoms with Crippen molar-refractivity contribution in [3.8, 4) is 0 Å². The van der Waals surface area contributed by atoms with E-state index in [1.54, 1.807) is 0 Å². The summed E-state index contributed by atoms with van der Waals surface area (Å²) in [6, 6.07) is 14.6. The van der Waals surface area contributed by atoms with Crippen LogP contribution < -0.4 is 35.3 Å². The van der Waals surface area contributed by atoms with Gasteiger partial charge in [-0.05, 0) is 79.8 Å². The summed E-state index contributed by atoms with van der Waals surface area (Å²) in [4.78, 5) is 0. The minimum absolute atomic E-state index is 0. The summed E-state index contributed by atoms with van der Waals surface area (Å²) < 4.78 is 83.9. The zero-order chi connectivity index (χ0) is 40.8. The number of alkyl halides is 6. The second-order valence-corrected chi connectivity index (χ2v) is 19.2. The minimum atomic E-state index is -4.56. The number of benzene rings is 4. The van der Waals surface area contributed by atoms with Crippen molar-refractivity contribution >= 4 is 17.2 Å². The van der Waals surface area contributed by atoms with E-state index in [0.717, 1.165) is 79.4 Å². The Balaban J connectivity index is 0.00000300. The van der Waals surface area contributed by atoms with Crippen LogP contribution in [0.5, 0.6) is 0 Å². The maximum Gasteiger partial charge on any atom is 3.00 e. The van der Waals surface area contributed by atoms with Crippen molar-refractivity contribution in [3.05, 3.63) is 155 Å². The molecule has 4 aromatic carbocycles. The Labute approximate surface area is 371 Å². The first-order chi connectivity index (χ1) is 25.1. The van der Waals surface area contributed by atoms with Crippen molar-refractivity contribution in [1.82, 2.24) is 0 Å². The smallest absolute Gasteiger partial charge is 1.00 e. The molecule has 0 fully saturated rings. The molecule has 0 unspecified atom stereocenters. The molecule has 2 aliphatic carbocycles. The normalized spacial score (nSPS) is 14.1. The third-order valence-electron chi connectivity index (χ3n) is 10.6. The first-order valence-electron chi connectivity index (χ1n) is 18.9. The summed E-state index contributed by atoms with van der Waals surface area (Å²) in [7, 11) is 0. The van der Waals surface area contributed by atoms with Crippen LogP contribution in [-0.2, 0) is 60.2 Å². The molecule has 307 valence electrons. The van der Waals surface area contributed by atoms with Crippen molar-refractivity contribution < 1.29 is 77.4 Å². The largest absolute Gasteiger partial charge is 3.00 e. The van der Waals surface area contributed by atoms with Crippen LogP contribution >= 0.6 is 0 Å². The number of rotatable bonds is 3.